The maximum Gasteiger partial charge on any atom is 0.325 e. The van der Waals surface area contributed by atoms with Crippen LogP contribution in [-0.2, 0) is 9.53 Å². The monoisotopic (exact) mass is 269 g/mol. The number of thioether (sulfide) groups is 1. The second-order valence-electron chi connectivity index (χ2n) is 4.58. The summed E-state index contributed by atoms with van der Waals surface area (Å²) in [5.74, 6) is -0.403. The molecular formula is C12H19N3O2S. The summed E-state index contributed by atoms with van der Waals surface area (Å²) in [7, 11) is 1.34. The Labute approximate surface area is 112 Å². The van der Waals surface area contributed by atoms with E-state index in [2.05, 4.69) is 14.7 Å². The van der Waals surface area contributed by atoms with E-state index in [1.807, 2.05) is 13.8 Å². The Bertz CT molecular complexity index is 406. The van der Waals surface area contributed by atoms with Crippen LogP contribution in [0.2, 0.25) is 0 Å². The zero-order valence-electron chi connectivity index (χ0n) is 11.1. The van der Waals surface area contributed by atoms with Crippen LogP contribution in [0.4, 0.5) is 0 Å². The molecule has 0 spiro atoms. The highest BCUT2D eigenvalue weighted by atomic mass is 32.2. The first-order valence-electron chi connectivity index (χ1n) is 5.68. The third kappa shape index (κ3) is 4.27. The zero-order chi connectivity index (χ0) is 13.8. The maximum atomic E-state index is 11.5. The Morgan fingerprint density at radius 2 is 2.11 bits per heavy atom. The van der Waals surface area contributed by atoms with Crippen LogP contribution in [0.25, 0.3) is 0 Å². The minimum Gasteiger partial charge on any atom is -0.468 e. The van der Waals surface area contributed by atoms with E-state index in [4.69, 9.17) is 5.73 Å². The van der Waals surface area contributed by atoms with E-state index in [9.17, 15) is 4.79 Å². The van der Waals surface area contributed by atoms with Crippen molar-refractivity contribution in [3.05, 3.63) is 18.0 Å². The molecule has 0 aliphatic carbocycles. The Hall–Kier alpha value is -1.14. The highest BCUT2D eigenvalue weighted by Gasteiger charge is 2.31. The highest BCUT2D eigenvalue weighted by molar-refractivity contribution is 7.99. The summed E-state index contributed by atoms with van der Waals surface area (Å²) in [5.41, 5.74) is 5.96. The fourth-order valence-electron chi connectivity index (χ4n) is 1.58. The smallest absolute Gasteiger partial charge is 0.325 e. The SMILES string of the molecule is COC(=O)C(C)(N)CC(C)Sc1ncc(C)cn1. The number of nitrogens with zero attached hydrogens (tertiary/aromatic N) is 2. The summed E-state index contributed by atoms with van der Waals surface area (Å²) in [6.07, 6.45) is 4.04. The first-order valence-corrected chi connectivity index (χ1v) is 6.55. The van der Waals surface area contributed by atoms with Crippen LogP contribution in [-0.4, -0.2) is 33.8 Å². The molecule has 0 aliphatic heterocycles. The van der Waals surface area contributed by atoms with Crippen molar-refractivity contribution >= 4 is 17.7 Å². The molecule has 0 radical (unpaired) electrons. The molecule has 2 N–H and O–H groups in total. The van der Waals surface area contributed by atoms with Crippen molar-refractivity contribution in [2.75, 3.05) is 7.11 Å². The third-order valence-corrected chi connectivity index (χ3v) is 3.42. The van der Waals surface area contributed by atoms with E-state index in [1.54, 1.807) is 19.3 Å². The van der Waals surface area contributed by atoms with Gasteiger partial charge in [0.05, 0.1) is 7.11 Å². The first-order chi connectivity index (χ1) is 8.35. The van der Waals surface area contributed by atoms with Crippen molar-refractivity contribution in [2.24, 2.45) is 5.73 Å². The molecule has 0 aliphatic rings. The Kier molecular flexibility index (Phi) is 5.10. The molecule has 5 nitrogen and oxygen atoms in total. The van der Waals surface area contributed by atoms with Gasteiger partial charge in [-0.25, -0.2) is 9.97 Å². The van der Waals surface area contributed by atoms with Gasteiger partial charge in [0, 0.05) is 17.6 Å². The second-order valence-corrected chi connectivity index (χ2v) is 5.99. The number of esters is 1. The van der Waals surface area contributed by atoms with E-state index in [0.717, 1.165) is 5.56 Å². The number of carbonyl (C=O) groups excluding carboxylic acids is 1. The molecule has 6 heteroatoms. The van der Waals surface area contributed by atoms with Crippen molar-refractivity contribution in [3.8, 4) is 0 Å². The summed E-state index contributed by atoms with van der Waals surface area (Å²) in [5, 5.41) is 0.815. The van der Waals surface area contributed by atoms with Gasteiger partial charge < -0.3 is 10.5 Å². The van der Waals surface area contributed by atoms with Crippen LogP contribution in [0.15, 0.2) is 17.6 Å². The molecule has 2 unspecified atom stereocenters. The second kappa shape index (κ2) is 6.15. The summed E-state index contributed by atoms with van der Waals surface area (Å²) < 4.78 is 4.68. The molecule has 1 aromatic heterocycles. The molecule has 1 aromatic rings. The number of rotatable bonds is 5. The Morgan fingerprint density at radius 1 is 1.56 bits per heavy atom. The molecule has 0 amide bonds. The quantitative estimate of drug-likeness (QED) is 0.496. The average Bonchev–Trinajstić information content (AvgIpc) is 2.30. The van der Waals surface area contributed by atoms with Gasteiger partial charge >= 0.3 is 5.97 Å². The molecule has 0 saturated heterocycles. The number of hydrogen-bond acceptors (Lipinski definition) is 6. The van der Waals surface area contributed by atoms with Crippen molar-refractivity contribution < 1.29 is 9.53 Å². The Balaban J connectivity index is 2.58. The van der Waals surface area contributed by atoms with Crippen molar-refractivity contribution in [1.29, 1.82) is 0 Å². The molecular weight excluding hydrogens is 250 g/mol. The number of hydrogen-bond donors (Lipinski definition) is 1. The van der Waals surface area contributed by atoms with Crippen LogP contribution in [0.1, 0.15) is 25.8 Å². The number of nitrogens with two attached hydrogens (primary N) is 1. The number of aromatic nitrogens is 2. The fraction of sp³-hybridized carbons (Fsp3) is 0.583. The van der Waals surface area contributed by atoms with Gasteiger partial charge in [-0.1, -0.05) is 18.7 Å². The van der Waals surface area contributed by atoms with Crippen LogP contribution < -0.4 is 5.73 Å². The predicted octanol–water partition coefficient (Wildman–Crippen LogP) is 1.55. The lowest BCUT2D eigenvalue weighted by atomic mass is 9.98. The Morgan fingerprint density at radius 3 is 2.61 bits per heavy atom. The summed E-state index contributed by atoms with van der Waals surface area (Å²) >= 11 is 1.50. The largest absolute Gasteiger partial charge is 0.468 e. The van der Waals surface area contributed by atoms with Gasteiger partial charge in [-0.3, -0.25) is 4.79 Å². The van der Waals surface area contributed by atoms with Gasteiger partial charge in [-0.15, -0.1) is 0 Å². The van der Waals surface area contributed by atoms with E-state index < -0.39 is 11.5 Å². The maximum absolute atomic E-state index is 11.5. The van der Waals surface area contributed by atoms with E-state index in [1.165, 1.54) is 18.9 Å². The number of aryl methyl sites for hydroxylation is 1. The fourth-order valence-corrected chi connectivity index (χ4v) is 2.59. The minimum absolute atomic E-state index is 0.127. The normalized spacial score (nSPS) is 15.8. The molecule has 1 rings (SSSR count). The summed E-state index contributed by atoms with van der Waals surface area (Å²) in [6.45, 7) is 5.60. The van der Waals surface area contributed by atoms with Crippen LogP contribution in [0, 0.1) is 6.92 Å². The number of methoxy groups -OCH3 is 1. The molecule has 0 fully saturated rings. The summed E-state index contributed by atoms with van der Waals surface area (Å²) in [6, 6.07) is 0. The van der Waals surface area contributed by atoms with Gasteiger partial charge in [0.1, 0.15) is 5.54 Å². The topological polar surface area (TPSA) is 78.1 Å². The minimum atomic E-state index is -0.980. The number of ether oxygens (including phenoxy) is 1. The van der Waals surface area contributed by atoms with E-state index >= 15 is 0 Å². The molecule has 18 heavy (non-hydrogen) atoms. The molecule has 2 atom stereocenters. The van der Waals surface area contributed by atoms with Crippen molar-refractivity contribution in [2.45, 2.75) is 43.1 Å². The molecule has 0 saturated carbocycles. The molecule has 0 aromatic carbocycles. The van der Waals surface area contributed by atoms with Crippen molar-refractivity contribution in [1.82, 2.24) is 9.97 Å². The van der Waals surface area contributed by atoms with E-state index in [0.29, 0.717) is 11.6 Å². The van der Waals surface area contributed by atoms with Gasteiger partial charge in [-0.2, -0.15) is 0 Å². The van der Waals surface area contributed by atoms with Crippen molar-refractivity contribution in [3.63, 3.8) is 0 Å². The van der Waals surface area contributed by atoms with Gasteiger partial charge in [-0.05, 0) is 25.8 Å². The molecule has 0 bridgehead atoms. The predicted molar refractivity (Wildman–Crippen MR) is 71.3 cm³/mol. The molecule has 100 valence electrons. The van der Waals surface area contributed by atoms with Gasteiger partial charge in [0.2, 0.25) is 0 Å². The lowest BCUT2D eigenvalue weighted by Gasteiger charge is -2.24. The standard InChI is InChI=1S/C12H19N3O2S/c1-8-6-14-11(15-7-8)18-9(2)5-12(3,13)10(16)17-4/h6-7,9H,5,13H2,1-4H3. The van der Waals surface area contributed by atoms with E-state index in [-0.39, 0.29) is 5.25 Å². The lowest BCUT2D eigenvalue weighted by Crippen LogP contribution is -2.47. The van der Waals surface area contributed by atoms with Crippen LogP contribution in [0.3, 0.4) is 0 Å². The summed E-state index contributed by atoms with van der Waals surface area (Å²) in [4.78, 5) is 19.9. The van der Waals surface area contributed by atoms with Gasteiger partial charge in [0.25, 0.3) is 0 Å². The molecule has 1 heterocycles. The van der Waals surface area contributed by atoms with Crippen LogP contribution >= 0.6 is 11.8 Å². The lowest BCUT2D eigenvalue weighted by molar-refractivity contribution is -0.146. The average molecular weight is 269 g/mol. The zero-order valence-corrected chi connectivity index (χ0v) is 12.0. The van der Waals surface area contributed by atoms with Gasteiger partial charge in [0.15, 0.2) is 5.16 Å². The number of carbonyl (C=O) groups is 1. The first kappa shape index (κ1) is 14.9. The highest BCUT2D eigenvalue weighted by Crippen LogP contribution is 2.25. The van der Waals surface area contributed by atoms with Crippen LogP contribution in [0.5, 0.6) is 0 Å². The third-order valence-electron chi connectivity index (χ3n) is 2.43.